The Hall–Kier alpha value is -2.59. The molecule has 0 unspecified atom stereocenters. The Morgan fingerprint density at radius 3 is 2.71 bits per heavy atom. The fourth-order valence-electron chi connectivity index (χ4n) is 2.73. The van der Waals surface area contributed by atoms with Crippen molar-refractivity contribution in [1.82, 2.24) is 15.6 Å². The Kier molecular flexibility index (Phi) is 5.29. The van der Waals surface area contributed by atoms with Crippen LogP contribution in [0, 0.1) is 6.92 Å². The Balaban J connectivity index is 1.38. The number of H-pyrrole nitrogens is 1. The molecule has 0 aliphatic rings. The number of aromatic amines is 1. The SMILES string of the molecule is Cc1ccc(CNC(=O)CNCCc2c[nH]c3ccccc23)cc1. The van der Waals surface area contributed by atoms with Gasteiger partial charge in [0.25, 0.3) is 0 Å². The molecular weight excluding hydrogens is 298 g/mol. The van der Waals surface area contributed by atoms with Gasteiger partial charge in [0.2, 0.25) is 5.91 Å². The highest BCUT2D eigenvalue weighted by Crippen LogP contribution is 2.17. The van der Waals surface area contributed by atoms with Crippen molar-refractivity contribution < 1.29 is 4.79 Å². The Bertz CT molecular complexity index is 805. The third-order valence-electron chi connectivity index (χ3n) is 4.14. The van der Waals surface area contributed by atoms with Crippen molar-refractivity contribution in [3.8, 4) is 0 Å². The summed E-state index contributed by atoms with van der Waals surface area (Å²) in [6.07, 6.45) is 2.94. The van der Waals surface area contributed by atoms with Crippen LogP contribution in [0.3, 0.4) is 0 Å². The average Bonchev–Trinajstić information content (AvgIpc) is 3.01. The van der Waals surface area contributed by atoms with Gasteiger partial charge in [-0.25, -0.2) is 0 Å². The Morgan fingerprint density at radius 2 is 1.88 bits per heavy atom. The van der Waals surface area contributed by atoms with Crippen LogP contribution in [0.15, 0.2) is 54.7 Å². The third kappa shape index (κ3) is 4.24. The molecular formula is C20H23N3O. The lowest BCUT2D eigenvalue weighted by atomic mass is 10.1. The summed E-state index contributed by atoms with van der Waals surface area (Å²) < 4.78 is 0. The van der Waals surface area contributed by atoms with Crippen LogP contribution in [0.5, 0.6) is 0 Å². The number of hydrogen-bond donors (Lipinski definition) is 3. The molecule has 0 fully saturated rings. The predicted octanol–water partition coefficient (Wildman–Crippen LogP) is 2.92. The molecule has 0 bridgehead atoms. The quantitative estimate of drug-likeness (QED) is 0.586. The highest BCUT2D eigenvalue weighted by Gasteiger charge is 2.04. The van der Waals surface area contributed by atoms with Gasteiger partial charge in [-0.1, -0.05) is 48.0 Å². The first kappa shape index (κ1) is 16.3. The van der Waals surface area contributed by atoms with Crippen LogP contribution in [0.4, 0.5) is 0 Å². The maximum absolute atomic E-state index is 11.9. The molecule has 1 amide bonds. The lowest BCUT2D eigenvalue weighted by Crippen LogP contribution is -2.34. The minimum atomic E-state index is 0.0227. The number of carbonyl (C=O) groups excluding carboxylic acids is 1. The zero-order valence-corrected chi connectivity index (χ0v) is 13.9. The van der Waals surface area contributed by atoms with Crippen molar-refractivity contribution in [3.05, 3.63) is 71.4 Å². The van der Waals surface area contributed by atoms with E-state index < -0.39 is 0 Å². The summed E-state index contributed by atoms with van der Waals surface area (Å²) in [6, 6.07) is 16.5. The average molecular weight is 321 g/mol. The van der Waals surface area contributed by atoms with Gasteiger partial charge in [-0.15, -0.1) is 0 Å². The zero-order valence-electron chi connectivity index (χ0n) is 13.9. The molecule has 2 aromatic carbocycles. The first-order valence-corrected chi connectivity index (χ1v) is 8.30. The third-order valence-corrected chi connectivity index (χ3v) is 4.14. The molecule has 3 aromatic rings. The summed E-state index contributed by atoms with van der Waals surface area (Å²) in [6.45, 7) is 3.75. The number of aromatic nitrogens is 1. The number of rotatable bonds is 7. The van der Waals surface area contributed by atoms with E-state index in [1.165, 1.54) is 16.5 Å². The minimum Gasteiger partial charge on any atom is -0.361 e. The topological polar surface area (TPSA) is 56.9 Å². The van der Waals surface area contributed by atoms with Gasteiger partial charge in [0, 0.05) is 23.6 Å². The van der Waals surface area contributed by atoms with E-state index in [2.05, 4.69) is 46.8 Å². The molecule has 3 N–H and O–H groups in total. The van der Waals surface area contributed by atoms with E-state index in [0.717, 1.165) is 24.0 Å². The Labute approximate surface area is 142 Å². The van der Waals surface area contributed by atoms with E-state index in [4.69, 9.17) is 0 Å². The smallest absolute Gasteiger partial charge is 0.234 e. The van der Waals surface area contributed by atoms with Crippen LogP contribution in [0.25, 0.3) is 10.9 Å². The van der Waals surface area contributed by atoms with E-state index in [1.54, 1.807) is 0 Å². The maximum atomic E-state index is 11.9. The van der Waals surface area contributed by atoms with Gasteiger partial charge >= 0.3 is 0 Å². The van der Waals surface area contributed by atoms with Crippen LogP contribution in [0.2, 0.25) is 0 Å². The summed E-state index contributed by atoms with van der Waals surface area (Å²) in [4.78, 5) is 15.2. The second kappa shape index (κ2) is 7.79. The summed E-state index contributed by atoms with van der Waals surface area (Å²) in [5.74, 6) is 0.0227. The molecule has 0 saturated heterocycles. The molecule has 0 saturated carbocycles. The second-order valence-corrected chi connectivity index (χ2v) is 6.05. The minimum absolute atomic E-state index is 0.0227. The number of aryl methyl sites for hydroxylation is 1. The van der Waals surface area contributed by atoms with Crippen molar-refractivity contribution in [3.63, 3.8) is 0 Å². The van der Waals surface area contributed by atoms with E-state index in [0.29, 0.717) is 13.1 Å². The highest BCUT2D eigenvalue weighted by atomic mass is 16.1. The number of amides is 1. The summed E-state index contributed by atoms with van der Waals surface area (Å²) in [5.41, 5.74) is 4.78. The lowest BCUT2D eigenvalue weighted by molar-refractivity contribution is -0.120. The molecule has 1 aromatic heterocycles. The van der Waals surface area contributed by atoms with Gasteiger partial charge in [-0.05, 0) is 37.1 Å². The monoisotopic (exact) mass is 321 g/mol. The van der Waals surface area contributed by atoms with Crippen LogP contribution < -0.4 is 10.6 Å². The zero-order chi connectivity index (χ0) is 16.8. The van der Waals surface area contributed by atoms with Gasteiger partial charge < -0.3 is 15.6 Å². The molecule has 0 atom stereocenters. The van der Waals surface area contributed by atoms with Crippen molar-refractivity contribution in [2.75, 3.05) is 13.1 Å². The van der Waals surface area contributed by atoms with Gasteiger partial charge in [0.1, 0.15) is 0 Å². The summed E-state index contributed by atoms with van der Waals surface area (Å²) >= 11 is 0. The molecule has 24 heavy (non-hydrogen) atoms. The van der Waals surface area contributed by atoms with Gasteiger partial charge in [0.05, 0.1) is 6.54 Å². The van der Waals surface area contributed by atoms with Crippen LogP contribution in [-0.2, 0) is 17.8 Å². The van der Waals surface area contributed by atoms with E-state index in [9.17, 15) is 4.79 Å². The van der Waals surface area contributed by atoms with Crippen LogP contribution >= 0.6 is 0 Å². The molecule has 4 nitrogen and oxygen atoms in total. The molecule has 0 spiro atoms. The van der Waals surface area contributed by atoms with E-state index >= 15 is 0 Å². The Morgan fingerprint density at radius 1 is 1.08 bits per heavy atom. The molecule has 124 valence electrons. The molecule has 0 aliphatic heterocycles. The fourth-order valence-corrected chi connectivity index (χ4v) is 2.73. The van der Waals surface area contributed by atoms with Crippen LogP contribution in [-0.4, -0.2) is 24.0 Å². The lowest BCUT2D eigenvalue weighted by Gasteiger charge is -2.07. The second-order valence-electron chi connectivity index (χ2n) is 6.05. The molecule has 4 heteroatoms. The van der Waals surface area contributed by atoms with Crippen molar-refractivity contribution in [2.24, 2.45) is 0 Å². The maximum Gasteiger partial charge on any atom is 0.234 e. The number of para-hydroxylation sites is 1. The van der Waals surface area contributed by atoms with Crippen molar-refractivity contribution in [1.29, 1.82) is 0 Å². The van der Waals surface area contributed by atoms with Gasteiger partial charge in [0.15, 0.2) is 0 Å². The molecule has 0 aliphatic carbocycles. The van der Waals surface area contributed by atoms with E-state index in [-0.39, 0.29) is 5.91 Å². The first-order chi connectivity index (χ1) is 11.7. The van der Waals surface area contributed by atoms with E-state index in [1.807, 2.05) is 30.5 Å². The summed E-state index contributed by atoms with van der Waals surface area (Å²) in [5, 5.41) is 7.39. The van der Waals surface area contributed by atoms with Gasteiger partial charge in [-0.3, -0.25) is 4.79 Å². The fraction of sp³-hybridized carbons (Fsp3) is 0.250. The number of carbonyl (C=O) groups is 1. The number of fused-ring (bicyclic) bond motifs is 1. The summed E-state index contributed by atoms with van der Waals surface area (Å²) in [7, 11) is 0. The molecule has 3 rings (SSSR count). The first-order valence-electron chi connectivity index (χ1n) is 8.30. The number of nitrogens with one attached hydrogen (secondary N) is 3. The number of benzene rings is 2. The van der Waals surface area contributed by atoms with Crippen molar-refractivity contribution >= 4 is 16.8 Å². The highest BCUT2D eigenvalue weighted by molar-refractivity contribution is 5.83. The predicted molar refractivity (Wildman–Crippen MR) is 97.9 cm³/mol. The van der Waals surface area contributed by atoms with Crippen molar-refractivity contribution in [2.45, 2.75) is 19.9 Å². The van der Waals surface area contributed by atoms with Crippen LogP contribution in [0.1, 0.15) is 16.7 Å². The normalized spacial score (nSPS) is 10.9. The molecule has 0 radical (unpaired) electrons. The van der Waals surface area contributed by atoms with Gasteiger partial charge in [-0.2, -0.15) is 0 Å². The number of hydrogen-bond acceptors (Lipinski definition) is 2. The standard InChI is InChI=1S/C20H23N3O/c1-15-6-8-16(9-7-15)12-23-20(24)14-21-11-10-17-13-22-19-5-3-2-4-18(17)19/h2-9,13,21-22H,10-12,14H2,1H3,(H,23,24). The largest absolute Gasteiger partial charge is 0.361 e. The molecule has 1 heterocycles.